The zero-order valence-electron chi connectivity index (χ0n) is 15.0. The zero-order valence-corrected chi connectivity index (χ0v) is 15.7. The second-order valence-electron chi connectivity index (χ2n) is 6.81. The van der Waals surface area contributed by atoms with Crippen molar-refractivity contribution in [3.05, 3.63) is 70.6 Å². The Balaban J connectivity index is 1.99. The van der Waals surface area contributed by atoms with Gasteiger partial charge in [-0.2, -0.15) is 0 Å². The van der Waals surface area contributed by atoms with Crippen molar-refractivity contribution in [2.45, 2.75) is 20.3 Å². The molecular formula is C22H17ClFN3. The van der Waals surface area contributed by atoms with Crippen LogP contribution in [0.5, 0.6) is 0 Å². The maximum atomic E-state index is 14.3. The van der Waals surface area contributed by atoms with Gasteiger partial charge in [0.1, 0.15) is 23.0 Å². The molecule has 0 aliphatic carbocycles. The van der Waals surface area contributed by atoms with Crippen LogP contribution in [0.3, 0.4) is 0 Å². The lowest BCUT2D eigenvalue weighted by Crippen LogP contribution is -2.02. The largest absolute Gasteiger partial charge is 0.339 e. The zero-order chi connectivity index (χ0) is 18.7. The Kier molecular flexibility index (Phi) is 3.52. The summed E-state index contributed by atoms with van der Waals surface area (Å²) in [5, 5.41) is 3.95. The third kappa shape index (κ3) is 2.30. The minimum Gasteiger partial charge on any atom is -0.339 e. The summed E-state index contributed by atoms with van der Waals surface area (Å²) in [6.45, 7) is 4.16. The lowest BCUT2D eigenvalue weighted by atomic mass is 9.96. The number of aromatic nitrogens is 2. The summed E-state index contributed by atoms with van der Waals surface area (Å²) in [5.41, 5.74) is 7.20. The monoisotopic (exact) mass is 377 g/mol. The number of rotatable bonds is 1. The molecule has 0 spiro atoms. The summed E-state index contributed by atoms with van der Waals surface area (Å²) in [4.78, 5) is 4.86. The molecule has 0 radical (unpaired) electrons. The second-order valence-corrected chi connectivity index (χ2v) is 7.21. The highest BCUT2D eigenvalue weighted by molar-refractivity contribution is 6.34. The number of benzene rings is 2. The van der Waals surface area contributed by atoms with E-state index in [1.807, 2.05) is 37.3 Å². The topological polar surface area (TPSA) is 29.3 Å². The van der Waals surface area contributed by atoms with Crippen molar-refractivity contribution >= 4 is 28.8 Å². The van der Waals surface area contributed by atoms with Crippen LogP contribution in [0.4, 0.5) is 15.9 Å². The molecule has 2 aromatic carbocycles. The summed E-state index contributed by atoms with van der Waals surface area (Å²) < 4.78 is 16.4. The smallest absolute Gasteiger partial charge is 0.143 e. The van der Waals surface area contributed by atoms with E-state index in [0.717, 1.165) is 57.2 Å². The molecular weight excluding hydrogens is 361 g/mol. The number of pyridine rings is 1. The first-order chi connectivity index (χ1) is 13.1. The van der Waals surface area contributed by atoms with Gasteiger partial charge in [0, 0.05) is 16.8 Å². The van der Waals surface area contributed by atoms with Crippen LogP contribution in [0.2, 0.25) is 5.02 Å². The summed E-state index contributed by atoms with van der Waals surface area (Å²) in [6, 6.07) is 15.0. The molecule has 5 rings (SSSR count). The second kappa shape index (κ2) is 5.83. The van der Waals surface area contributed by atoms with Gasteiger partial charge in [-0.25, -0.2) is 9.37 Å². The average molecular weight is 378 g/mol. The molecule has 0 atom stereocenters. The molecule has 4 aromatic rings. The van der Waals surface area contributed by atoms with Gasteiger partial charge in [-0.3, -0.25) is 4.40 Å². The minimum absolute atomic E-state index is 0.354. The highest BCUT2D eigenvalue weighted by atomic mass is 35.5. The van der Waals surface area contributed by atoms with E-state index >= 15 is 0 Å². The van der Waals surface area contributed by atoms with E-state index in [0.29, 0.717) is 5.02 Å². The number of hydrogen-bond acceptors (Lipinski definition) is 2. The number of imidazole rings is 1. The third-order valence-electron chi connectivity index (χ3n) is 5.18. The number of anilines is 2. The number of halogens is 2. The van der Waals surface area contributed by atoms with E-state index in [9.17, 15) is 4.39 Å². The highest BCUT2D eigenvalue weighted by Gasteiger charge is 2.27. The average Bonchev–Trinajstić information content (AvgIpc) is 2.94. The van der Waals surface area contributed by atoms with Crippen molar-refractivity contribution in [2.75, 3.05) is 5.32 Å². The van der Waals surface area contributed by atoms with Crippen molar-refractivity contribution in [1.82, 2.24) is 9.38 Å². The fourth-order valence-corrected chi connectivity index (χ4v) is 4.22. The van der Waals surface area contributed by atoms with Gasteiger partial charge in [-0.1, -0.05) is 42.8 Å². The number of nitrogens with one attached hydrogen (secondary N) is 1. The first-order valence-corrected chi connectivity index (χ1v) is 9.33. The Morgan fingerprint density at radius 1 is 1.11 bits per heavy atom. The van der Waals surface area contributed by atoms with Crippen LogP contribution in [0.1, 0.15) is 18.2 Å². The van der Waals surface area contributed by atoms with Gasteiger partial charge in [0.05, 0.1) is 10.7 Å². The van der Waals surface area contributed by atoms with Crippen molar-refractivity contribution < 1.29 is 4.39 Å². The molecule has 0 bridgehead atoms. The Labute approximate surface area is 161 Å². The summed E-state index contributed by atoms with van der Waals surface area (Å²) >= 11 is 6.54. The number of para-hydroxylation sites is 1. The Hall–Kier alpha value is -2.85. The van der Waals surface area contributed by atoms with Crippen LogP contribution < -0.4 is 5.32 Å². The van der Waals surface area contributed by atoms with E-state index in [-0.39, 0.29) is 5.82 Å². The molecule has 0 unspecified atom stereocenters. The van der Waals surface area contributed by atoms with E-state index in [1.165, 1.54) is 6.07 Å². The SMILES string of the molecule is CCc1cccc2nc3c(n12)Nc1c(C)cccc1-c1cc(F)cc(Cl)c1-3. The summed E-state index contributed by atoms with van der Waals surface area (Å²) in [7, 11) is 0. The van der Waals surface area contributed by atoms with Crippen LogP contribution in [0.15, 0.2) is 48.5 Å². The fourth-order valence-electron chi connectivity index (χ4n) is 3.93. The molecule has 0 saturated heterocycles. The van der Waals surface area contributed by atoms with Crippen LogP contribution in [0, 0.1) is 12.7 Å². The molecule has 3 heterocycles. The van der Waals surface area contributed by atoms with Gasteiger partial charge in [-0.05, 0) is 48.7 Å². The highest BCUT2D eigenvalue weighted by Crippen LogP contribution is 2.48. The molecule has 5 heteroatoms. The van der Waals surface area contributed by atoms with Gasteiger partial charge < -0.3 is 5.32 Å². The quantitative estimate of drug-likeness (QED) is 0.367. The molecule has 2 aromatic heterocycles. The van der Waals surface area contributed by atoms with Crippen LogP contribution in [0.25, 0.3) is 28.0 Å². The number of nitrogens with zero attached hydrogens (tertiary/aromatic N) is 2. The number of hydrogen-bond donors (Lipinski definition) is 1. The van der Waals surface area contributed by atoms with Crippen molar-refractivity contribution in [2.24, 2.45) is 0 Å². The lowest BCUT2D eigenvalue weighted by Gasteiger charge is -2.14. The third-order valence-corrected chi connectivity index (χ3v) is 5.48. The maximum absolute atomic E-state index is 14.3. The standard InChI is InChI=1S/C22H17ClFN3/c1-3-14-7-5-9-18-25-21-19-16(10-13(24)11-17(19)23)15-8-4-6-12(2)20(15)26-22(21)27(14)18/h4-11,26H,3H2,1-2H3. The normalized spacial score (nSPS) is 12.1. The Morgan fingerprint density at radius 3 is 2.74 bits per heavy atom. The molecule has 1 aliphatic heterocycles. The van der Waals surface area contributed by atoms with Crippen LogP contribution >= 0.6 is 11.6 Å². The van der Waals surface area contributed by atoms with E-state index in [2.05, 4.69) is 22.7 Å². The first-order valence-electron chi connectivity index (χ1n) is 8.95. The molecule has 1 N–H and O–H groups in total. The van der Waals surface area contributed by atoms with E-state index < -0.39 is 0 Å². The van der Waals surface area contributed by atoms with E-state index in [4.69, 9.17) is 16.6 Å². The van der Waals surface area contributed by atoms with Crippen molar-refractivity contribution in [1.29, 1.82) is 0 Å². The maximum Gasteiger partial charge on any atom is 0.143 e. The van der Waals surface area contributed by atoms with Gasteiger partial charge in [-0.15, -0.1) is 0 Å². The molecule has 0 fully saturated rings. The predicted molar refractivity (Wildman–Crippen MR) is 108 cm³/mol. The van der Waals surface area contributed by atoms with Crippen LogP contribution in [-0.2, 0) is 6.42 Å². The van der Waals surface area contributed by atoms with Gasteiger partial charge in [0.25, 0.3) is 0 Å². The molecule has 3 nitrogen and oxygen atoms in total. The predicted octanol–water partition coefficient (Wildman–Crippen LogP) is 6.39. The van der Waals surface area contributed by atoms with Gasteiger partial charge in [0.2, 0.25) is 0 Å². The Morgan fingerprint density at radius 2 is 1.93 bits per heavy atom. The Bertz CT molecular complexity index is 1230. The fraction of sp³-hybridized carbons (Fsp3) is 0.136. The molecule has 27 heavy (non-hydrogen) atoms. The summed E-state index contributed by atoms with van der Waals surface area (Å²) in [6.07, 6.45) is 0.868. The van der Waals surface area contributed by atoms with Crippen molar-refractivity contribution in [3.63, 3.8) is 0 Å². The molecule has 134 valence electrons. The van der Waals surface area contributed by atoms with Gasteiger partial charge in [0.15, 0.2) is 0 Å². The number of fused-ring (bicyclic) bond motifs is 7. The van der Waals surface area contributed by atoms with Gasteiger partial charge >= 0.3 is 0 Å². The first kappa shape index (κ1) is 16.3. The van der Waals surface area contributed by atoms with Crippen molar-refractivity contribution in [3.8, 4) is 22.4 Å². The minimum atomic E-state index is -0.354. The number of aryl methyl sites for hydroxylation is 2. The molecule has 1 aliphatic rings. The molecule has 0 saturated carbocycles. The van der Waals surface area contributed by atoms with Crippen LogP contribution in [-0.4, -0.2) is 9.38 Å². The molecule has 0 amide bonds. The lowest BCUT2D eigenvalue weighted by molar-refractivity contribution is 0.628. The summed E-state index contributed by atoms with van der Waals surface area (Å²) in [5.74, 6) is 0.512. The van der Waals surface area contributed by atoms with E-state index in [1.54, 1.807) is 6.07 Å².